The third-order valence-electron chi connectivity index (χ3n) is 6.17. The lowest BCUT2D eigenvalue weighted by Crippen LogP contribution is -2.58. The van der Waals surface area contributed by atoms with Crippen molar-refractivity contribution >= 4 is 17.8 Å². The zero-order chi connectivity index (χ0) is 18.2. The first-order chi connectivity index (χ1) is 12.6. The van der Waals surface area contributed by atoms with Crippen LogP contribution in [0.1, 0.15) is 44.2 Å². The smallest absolute Gasteiger partial charge is 0.234 e. The first-order valence-corrected chi connectivity index (χ1v) is 9.53. The maximum Gasteiger partial charge on any atom is 0.234 e. The van der Waals surface area contributed by atoms with Gasteiger partial charge >= 0.3 is 0 Å². The van der Waals surface area contributed by atoms with Gasteiger partial charge in [-0.3, -0.25) is 9.79 Å². The molecule has 1 spiro atoms. The SMILES string of the molecule is CC1(C)C(=O)N(Cc2ccccc2)c2ccccc2C12C=NCCCC2. The number of fused-ring (bicyclic) bond motifs is 2. The number of benzene rings is 2. The first kappa shape index (κ1) is 17.0. The Morgan fingerprint density at radius 1 is 1.00 bits per heavy atom. The van der Waals surface area contributed by atoms with E-state index < -0.39 is 5.41 Å². The highest BCUT2D eigenvalue weighted by molar-refractivity contribution is 6.06. The van der Waals surface area contributed by atoms with Gasteiger partial charge in [-0.15, -0.1) is 0 Å². The molecule has 2 heterocycles. The number of carbonyl (C=O) groups is 1. The second-order valence-electron chi connectivity index (χ2n) is 7.98. The lowest BCUT2D eigenvalue weighted by Gasteiger charge is -2.51. The molecule has 2 aliphatic heterocycles. The van der Waals surface area contributed by atoms with Crippen molar-refractivity contribution in [1.82, 2.24) is 0 Å². The summed E-state index contributed by atoms with van der Waals surface area (Å²) in [5.74, 6) is 0.188. The van der Waals surface area contributed by atoms with Crippen molar-refractivity contribution in [1.29, 1.82) is 0 Å². The number of nitrogens with zero attached hydrogens (tertiary/aromatic N) is 2. The summed E-state index contributed by atoms with van der Waals surface area (Å²) in [6, 6.07) is 18.6. The lowest BCUT2D eigenvalue weighted by atomic mass is 9.57. The van der Waals surface area contributed by atoms with Gasteiger partial charge in [0.05, 0.1) is 12.0 Å². The Bertz CT molecular complexity index is 840. The monoisotopic (exact) mass is 346 g/mol. The zero-order valence-corrected chi connectivity index (χ0v) is 15.6. The quantitative estimate of drug-likeness (QED) is 0.772. The molecule has 0 saturated heterocycles. The average Bonchev–Trinajstić information content (AvgIpc) is 2.93. The molecule has 4 rings (SSSR count). The number of hydrogen-bond donors (Lipinski definition) is 0. The minimum atomic E-state index is -0.524. The van der Waals surface area contributed by atoms with Crippen LogP contribution in [0.4, 0.5) is 5.69 Å². The van der Waals surface area contributed by atoms with Crippen molar-refractivity contribution < 1.29 is 4.79 Å². The van der Waals surface area contributed by atoms with Gasteiger partial charge in [0.2, 0.25) is 5.91 Å². The van der Waals surface area contributed by atoms with E-state index in [1.807, 2.05) is 29.2 Å². The van der Waals surface area contributed by atoms with Crippen LogP contribution in [0.2, 0.25) is 0 Å². The Kier molecular flexibility index (Phi) is 4.18. The van der Waals surface area contributed by atoms with E-state index in [1.54, 1.807) is 0 Å². The molecule has 3 heteroatoms. The Morgan fingerprint density at radius 2 is 1.73 bits per heavy atom. The molecule has 0 bridgehead atoms. The van der Waals surface area contributed by atoms with Gasteiger partial charge in [0.25, 0.3) is 0 Å². The highest BCUT2D eigenvalue weighted by Gasteiger charge is 2.56. The Morgan fingerprint density at radius 3 is 2.54 bits per heavy atom. The minimum Gasteiger partial charge on any atom is -0.307 e. The summed E-state index contributed by atoms with van der Waals surface area (Å²) in [4.78, 5) is 20.3. The Balaban J connectivity index is 1.87. The molecule has 134 valence electrons. The van der Waals surface area contributed by atoms with Gasteiger partial charge < -0.3 is 4.90 Å². The fourth-order valence-corrected chi connectivity index (χ4v) is 4.55. The second-order valence-corrected chi connectivity index (χ2v) is 7.98. The maximum atomic E-state index is 13.7. The summed E-state index contributed by atoms with van der Waals surface area (Å²) in [7, 11) is 0. The molecule has 2 aromatic rings. The fourth-order valence-electron chi connectivity index (χ4n) is 4.55. The predicted molar refractivity (Wildman–Crippen MR) is 107 cm³/mol. The molecular weight excluding hydrogens is 320 g/mol. The number of hydrogen-bond acceptors (Lipinski definition) is 2. The summed E-state index contributed by atoms with van der Waals surface area (Å²) in [6.45, 7) is 5.66. The van der Waals surface area contributed by atoms with Gasteiger partial charge in [-0.25, -0.2) is 0 Å². The Hall–Kier alpha value is -2.42. The van der Waals surface area contributed by atoms with Crippen molar-refractivity contribution in [3.05, 3.63) is 65.7 Å². The predicted octanol–water partition coefficient (Wildman–Crippen LogP) is 4.75. The fraction of sp³-hybridized carbons (Fsp3) is 0.391. The summed E-state index contributed by atoms with van der Waals surface area (Å²) in [6.07, 6.45) is 5.27. The van der Waals surface area contributed by atoms with Crippen LogP contribution in [-0.2, 0) is 16.8 Å². The molecule has 0 fully saturated rings. The number of para-hydroxylation sites is 1. The number of rotatable bonds is 2. The van der Waals surface area contributed by atoms with Gasteiger partial charge in [-0.2, -0.15) is 0 Å². The standard InChI is InChI=1S/C23H26N2O/c1-22(2)21(26)25(16-18-10-4-3-5-11-18)20-13-7-6-12-19(20)23(22)14-8-9-15-24-17-23/h3-7,10-13,17H,8-9,14-16H2,1-2H3. The zero-order valence-electron chi connectivity index (χ0n) is 15.6. The van der Waals surface area contributed by atoms with Gasteiger partial charge in [0, 0.05) is 23.9 Å². The molecule has 0 saturated carbocycles. The van der Waals surface area contributed by atoms with E-state index in [4.69, 9.17) is 4.99 Å². The maximum absolute atomic E-state index is 13.7. The first-order valence-electron chi connectivity index (χ1n) is 9.53. The minimum absolute atomic E-state index is 0.188. The number of aliphatic imine (C=N–C) groups is 1. The van der Waals surface area contributed by atoms with Crippen LogP contribution in [0, 0.1) is 5.41 Å². The molecule has 0 radical (unpaired) electrons. The molecule has 26 heavy (non-hydrogen) atoms. The van der Waals surface area contributed by atoms with E-state index >= 15 is 0 Å². The highest BCUT2D eigenvalue weighted by Crippen LogP contribution is 2.53. The van der Waals surface area contributed by atoms with Crippen LogP contribution in [0.25, 0.3) is 0 Å². The normalized spacial score (nSPS) is 24.4. The van der Waals surface area contributed by atoms with Crippen LogP contribution < -0.4 is 4.90 Å². The van der Waals surface area contributed by atoms with Crippen LogP contribution in [0.5, 0.6) is 0 Å². The third-order valence-corrected chi connectivity index (χ3v) is 6.17. The van der Waals surface area contributed by atoms with Gasteiger partial charge in [0.1, 0.15) is 0 Å². The second kappa shape index (κ2) is 6.39. The summed E-state index contributed by atoms with van der Waals surface area (Å²) >= 11 is 0. The van der Waals surface area contributed by atoms with Crippen LogP contribution >= 0.6 is 0 Å². The van der Waals surface area contributed by atoms with E-state index in [-0.39, 0.29) is 11.3 Å². The van der Waals surface area contributed by atoms with Gasteiger partial charge in [0.15, 0.2) is 0 Å². The summed E-state index contributed by atoms with van der Waals surface area (Å²) < 4.78 is 0. The van der Waals surface area contributed by atoms with E-state index in [9.17, 15) is 4.79 Å². The highest BCUT2D eigenvalue weighted by atomic mass is 16.2. The van der Waals surface area contributed by atoms with Crippen LogP contribution in [0.15, 0.2) is 59.6 Å². The van der Waals surface area contributed by atoms with Crippen molar-refractivity contribution in [3.63, 3.8) is 0 Å². The molecule has 0 aliphatic carbocycles. The third kappa shape index (κ3) is 2.49. The molecular formula is C23H26N2O. The molecule has 2 aromatic carbocycles. The number of amides is 1. The van der Waals surface area contributed by atoms with E-state index in [2.05, 4.69) is 50.4 Å². The Labute approximate surface area is 155 Å². The van der Waals surface area contributed by atoms with Gasteiger partial charge in [-0.1, -0.05) is 55.0 Å². The lowest BCUT2D eigenvalue weighted by molar-refractivity contribution is -0.130. The van der Waals surface area contributed by atoms with E-state index in [0.29, 0.717) is 6.54 Å². The molecule has 0 N–H and O–H groups in total. The number of anilines is 1. The molecule has 1 amide bonds. The number of carbonyl (C=O) groups excluding carboxylic acids is 1. The topological polar surface area (TPSA) is 32.7 Å². The largest absolute Gasteiger partial charge is 0.307 e. The van der Waals surface area contributed by atoms with Crippen molar-refractivity contribution in [2.75, 3.05) is 11.4 Å². The molecule has 0 aromatic heterocycles. The van der Waals surface area contributed by atoms with E-state index in [1.165, 1.54) is 5.56 Å². The van der Waals surface area contributed by atoms with Gasteiger partial charge in [-0.05, 0) is 43.9 Å². The van der Waals surface area contributed by atoms with Crippen LogP contribution in [0.3, 0.4) is 0 Å². The summed E-state index contributed by atoms with van der Waals surface area (Å²) in [5, 5.41) is 0. The average molecular weight is 346 g/mol. The van der Waals surface area contributed by atoms with Crippen molar-refractivity contribution in [2.24, 2.45) is 10.4 Å². The molecule has 2 aliphatic rings. The van der Waals surface area contributed by atoms with Crippen LogP contribution in [-0.4, -0.2) is 18.7 Å². The van der Waals surface area contributed by atoms with Crippen molar-refractivity contribution in [3.8, 4) is 0 Å². The summed E-state index contributed by atoms with van der Waals surface area (Å²) in [5.41, 5.74) is 2.59. The molecule has 1 atom stereocenters. The van der Waals surface area contributed by atoms with Crippen molar-refractivity contribution in [2.45, 2.75) is 45.1 Å². The molecule has 3 nitrogen and oxygen atoms in total. The van der Waals surface area contributed by atoms with E-state index in [0.717, 1.165) is 37.1 Å². The molecule has 1 unspecified atom stereocenters.